The summed E-state index contributed by atoms with van der Waals surface area (Å²) < 4.78 is 5.65. The minimum atomic E-state index is -0.842. The van der Waals surface area contributed by atoms with E-state index >= 15 is 0 Å². The van der Waals surface area contributed by atoms with Gasteiger partial charge in [0.05, 0.1) is 12.2 Å². The van der Waals surface area contributed by atoms with Gasteiger partial charge >= 0.3 is 5.97 Å². The highest BCUT2D eigenvalue weighted by molar-refractivity contribution is 5.78. The highest BCUT2D eigenvalue weighted by atomic mass is 16.5. The number of ether oxygens (including phenoxy) is 1. The lowest BCUT2D eigenvalue weighted by Crippen LogP contribution is -2.52. The van der Waals surface area contributed by atoms with Gasteiger partial charge in [0, 0.05) is 19.6 Å². The summed E-state index contributed by atoms with van der Waals surface area (Å²) >= 11 is 0. The quantitative estimate of drug-likeness (QED) is 0.739. The van der Waals surface area contributed by atoms with E-state index in [0.717, 1.165) is 19.6 Å². The zero-order chi connectivity index (χ0) is 13.1. The number of morpholine rings is 1. The second-order valence-corrected chi connectivity index (χ2v) is 5.15. The van der Waals surface area contributed by atoms with Gasteiger partial charge in [-0.3, -0.25) is 9.69 Å². The first-order valence-corrected chi connectivity index (χ1v) is 6.17. The Hall–Kier alpha value is -0.650. The molecule has 5 nitrogen and oxygen atoms in total. The maximum absolute atomic E-state index is 11.1. The van der Waals surface area contributed by atoms with E-state index in [9.17, 15) is 4.79 Å². The van der Waals surface area contributed by atoms with Gasteiger partial charge in [0.1, 0.15) is 5.54 Å². The summed E-state index contributed by atoms with van der Waals surface area (Å²) in [7, 11) is 1.69. The molecule has 1 fully saturated rings. The topological polar surface area (TPSA) is 61.8 Å². The third-order valence-corrected chi connectivity index (χ3v) is 3.45. The van der Waals surface area contributed by atoms with E-state index in [0.29, 0.717) is 6.42 Å². The van der Waals surface area contributed by atoms with Crippen molar-refractivity contribution in [3.63, 3.8) is 0 Å². The Morgan fingerprint density at radius 2 is 2.00 bits per heavy atom. The highest BCUT2D eigenvalue weighted by Crippen LogP contribution is 2.15. The zero-order valence-corrected chi connectivity index (χ0v) is 11.2. The predicted octanol–water partition coefficient (Wildman–Crippen LogP) is 0.548. The first-order valence-electron chi connectivity index (χ1n) is 6.17. The molecule has 0 amide bonds. The van der Waals surface area contributed by atoms with Crippen molar-refractivity contribution in [1.29, 1.82) is 0 Å². The average Bonchev–Trinajstić information content (AvgIpc) is 2.24. The lowest BCUT2D eigenvalue weighted by Gasteiger charge is -2.37. The first-order chi connectivity index (χ1) is 7.87. The lowest BCUT2D eigenvalue weighted by atomic mass is 9.98. The summed E-state index contributed by atoms with van der Waals surface area (Å²) in [5.74, 6) is -0.797. The van der Waals surface area contributed by atoms with Crippen LogP contribution in [0.25, 0.3) is 0 Å². The Bertz CT molecular complexity index is 262. The van der Waals surface area contributed by atoms with E-state index in [2.05, 4.69) is 24.1 Å². The van der Waals surface area contributed by atoms with Crippen LogP contribution < -0.4 is 5.32 Å². The molecule has 0 aliphatic carbocycles. The fraction of sp³-hybridized carbons (Fsp3) is 0.917. The van der Waals surface area contributed by atoms with E-state index in [1.807, 2.05) is 0 Å². The number of nitrogens with zero attached hydrogens (tertiary/aromatic N) is 1. The Labute approximate surface area is 103 Å². The average molecular weight is 244 g/mol. The van der Waals surface area contributed by atoms with Gasteiger partial charge in [0.15, 0.2) is 0 Å². The fourth-order valence-electron chi connectivity index (χ4n) is 2.19. The number of hydrogen-bond acceptors (Lipinski definition) is 4. The van der Waals surface area contributed by atoms with E-state index < -0.39 is 11.5 Å². The van der Waals surface area contributed by atoms with Crippen LogP contribution in [0.4, 0.5) is 0 Å². The van der Waals surface area contributed by atoms with Crippen molar-refractivity contribution >= 4 is 5.97 Å². The molecule has 0 radical (unpaired) electrons. The van der Waals surface area contributed by atoms with Crippen LogP contribution in [0.3, 0.4) is 0 Å². The molecule has 1 heterocycles. The lowest BCUT2D eigenvalue weighted by molar-refractivity contribution is -0.144. The Morgan fingerprint density at radius 1 is 1.47 bits per heavy atom. The molecule has 0 saturated carbocycles. The van der Waals surface area contributed by atoms with Crippen molar-refractivity contribution < 1.29 is 14.6 Å². The number of carboxylic acids is 1. The fourth-order valence-corrected chi connectivity index (χ4v) is 2.19. The number of rotatable bonds is 5. The van der Waals surface area contributed by atoms with Crippen LogP contribution in [0.2, 0.25) is 0 Å². The Balaban J connectivity index is 2.46. The molecule has 0 aromatic rings. The molecule has 1 unspecified atom stereocenters. The van der Waals surface area contributed by atoms with Crippen LogP contribution in [-0.2, 0) is 9.53 Å². The minimum absolute atomic E-state index is 0.226. The summed E-state index contributed by atoms with van der Waals surface area (Å²) in [6.45, 7) is 8.37. The molecule has 100 valence electrons. The summed E-state index contributed by atoms with van der Waals surface area (Å²) in [6.07, 6.45) is 1.05. The molecular formula is C12H24N2O3. The second-order valence-electron chi connectivity index (χ2n) is 5.15. The Kier molecular flexibility index (Phi) is 4.91. The summed E-state index contributed by atoms with van der Waals surface area (Å²) in [5.41, 5.74) is -0.842. The number of carbonyl (C=O) groups is 1. The minimum Gasteiger partial charge on any atom is -0.480 e. The smallest absolute Gasteiger partial charge is 0.323 e. The van der Waals surface area contributed by atoms with Gasteiger partial charge in [-0.15, -0.1) is 0 Å². The number of likely N-dealkylation sites (N-methyl/N-ethyl adjacent to an activating group) is 1. The van der Waals surface area contributed by atoms with Gasteiger partial charge in [-0.25, -0.2) is 0 Å². The van der Waals surface area contributed by atoms with Crippen molar-refractivity contribution in [3.05, 3.63) is 0 Å². The van der Waals surface area contributed by atoms with Crippen LogP contribution in [0, 0.1) is 0 Å². The SMILES string of the molecule is CNC(C)(CCN1C[C@@H](C)O[C@@H](C)C1)C(=O)O. The van der Waals surface area contributed by atoms with Gasteiger partial charge in [0.25, 0.3) is 0 Å². The maximum Gasteiger partial charge on any atom is 0.323 e. The van der Waals surface area contributed by atoms with Gasteiger partial charge < -0.3 is 15.2 Å². The van der Waals surface area contributed by atoms with Crippen molar-refractivity contribution in [2.24, 2.45) is 0 Å². The largest absolute Gasteiger partial charge is 0.480 e. The molecule has 2 N–H and O–H groups in total. The number of nitrogens with one attached hydrogen (secondary N) is 1. The van der Waals surface area contributed by atoms with Crippen molar-refractivity contribution in [3.8, 4) is 0 Å². The van der Waals surface area contributed by atoms with Gasteiger partial charge in [-0.1, -0.05) is 0 Å². The third-order valence-electron chi connectivity index (χ3n) is 3.45. The zero-order valence-electron chi connectivity index (χ0n) is 11.2. The molecule has 0 bridgehead atoms. The molecule has 5 heteroatoms. The standard InChI is InChI=1S/C12H24N2O3/c1-9-7-14(8-10(2)17-9)6-5-12(3,13-4)11(15)16/h9-10,13H,5-8H2,1-4H3,(H,15,16)/t9-,10+,12?. The van der Waals surface area contributed by atoms with Gasteiger partial charge in [-0.05, 0) is 34.2 Å². The maximum atomic E-state index is 11.1. The monoisotopic (exact) mass is 244 g/mol. The van der Waals surface area contributed by atoms with E-state index in [4.69, 9.17) is 9.84 Å². The van der Waals surface area contributed by atoms with E-state index in [1.165, 1.54) is 0 Å². The summed E-state index contributed by atoms with van der Waals surface area (Å²) in [5, 5.41) is 12.0. The van der Waals surface area contributed by atoms with E-state index in [1.54, 1.807) is 14.0 Å². The molecule has 0 aromatic heterocycles. The Morgan fingerprint density at radius 3 is 2.41 bits per heavy atom. The van der Waals surface area contributed by atoms with Crippen molar-refractivity contribution in [1.82, 2.24) is 10.2 Å². The molecular weight excluding hydrogens is 220 g/mol. The van der Waals surface area contributed by atoms with Crippen molar-refractivity contribution in [2.45, 2.75) is 44.9 Å². The molecule has 1 aliphatic rings. The van der Waals surface area contributed by atoms with Crippen LogP contribution in [0.5, 0.6) is 0 Å². The second kappa shape index (κ2) is 5.80. The summed E-state index contributed by atoms with van der Waals surface area (Å²) in [4.78, 5) is 13.4. The van der Waals surface area contributed by atoms with Crippen molar-refractivity contribution in [2.75, 3.05) is 26.7 Å². The van der Waals surface area contributed by atoms with Crippen LogP contribution in [0.1, 0.15) is 27.2 Å². The van der Waals surface area contributed by atoms with Crippen LogP contribution >= 0.6 is 0 Å². The molecule has 17 heavy (non-hydrogen) atoms. The molecule has 1 rings (SSSR count). The van der Waals surface area contributed by atoms with Gasteiger partial charge in [-0.2, -0.15) is 0 Å². The molecule has 3 atom stereocenters. The third kappa shape index (κ3) is 3.94. The highest BCUT2D eigenvalue weighted by Gasteiger charge is 2.32. The number of hydrogen-bond donors (Lipinski definition) is 2. The molecule has 1 aliphatic heterocycles. The number of aliphatic carboxylic acids is 1. The van der Waals surface area contributed by atoms with Crippen LogP contribution in [0.15, 0.2) is 0 Å². The normalized spacial score (nSPS) is 29.9. The molecule has 0 spiro atoms. The van der Waals surface area contributed by atoms with E-state index in [-0.39, 0.29) is 12.2 Å². The molecule has 0 aromatic carbocycles. The predicted molar refractivity (Wildman–Crippen MR) is 66.2 cm³/mol. The molecule has 1 saturated heterocycles. The van der Waals surface area contributed by atoms with Gasteiger partial charge in [0.2, 0.25) is 0 Å². The van der Waals surface area contributed by atoms with Crippen LogP contribution in [-0.4, -0.2) is 60.4 Å². The summed E-state index contributed by atoms with van der Waals surface area (Å²) in [6, 6.07) is 0. The first kappa shape index (κ1) is 14.4. The number of carboxylic acid groups (broad SMARTS) is 1.